The third kappa shape index (κ3) is 4.27. The molecular weight excluding hydrogens is 408 g/mol. The highest BCUT2D eigenvalue weighted by atomic mass is 16.6. The van der Waals surface area contributed by atoms with Gasteiger partial charge in [0.05, 0.1) is 0 Å². The van der Waals surface area contributed by atoms with Gasteiger partial charge in [-0.2, -0.15) is 0 Å². The Bertz CT molecular complexity index is 1100. The van der Waals surface area contributed by atoms with Crippen molar-refractivity contribution in [1.29, 1.82) is 0 Å². The molecule has 1 fully saturated rings. The Hall–Kier alpha value is -3.88. The second-order valence-electron chi connectivity index (χ2n) is 7.74. The SMILES string of the molecule is Cc1cccc(Nc2ccc(N3CCN(C(=O)C4COc5ccccc5O4)CC3)nn2)n1. The van der Waals surface area contributed by atoms with Gasteiger partial charge in [-0.05, 0) is 43.3 Å². The molecule has 1 N–H and O–H groups in total. The summed E-state index contributed by atoms with van der Waals surface area (Å²) < 4.78 is 11.6. The molecule has 164 valence electrons. The van der Waals surface area contributed by atoms with Crippen molar-refractivity contribution in [3.8, 4) is 11.5 Å². The number of para-hydroxylation sites is 2. The number of hydrogen-bond donors (Lipinski definition) is 1. The van der Waals surface area contributed by atoms with E-state index >= 15 is 0 Å². The van der Waals surface area contributed by atoms with Gasteiger partial charge in [0, 0.05) is 31.9 Å². The van der Waals surface area contributed by atoms with E-state index in [1.54, 1.807) is 0 Å². The van der Waals surface area contributed by atoms with E-state index in [0.717, 1.165) is 17.3 Å². The Morgan fingerprint density at radius 2 is 1.75 bits per heavy atom. The van der Waals surface area contributed by atoms with Crippen molar-refractivity contribution in [2.75, 3.05) is 43.0 Å². The topological polar surface area (TPSA) is 92.7 Å². The van der Waals surface area contributed by atoms with Crippen LogP contribution in [-0.4, -0.2) is 64.9 Å². The molecule has 1 amide bonds. The van der Waals surface area contributed by atoms with Crippen LogP contribution in [0.5, 0.6) is 11.5 Å². The van der Waals surface area contributed by atoms with Crippen LogP contribution in [0.4, 0.5) is 17.5 Å². The summed E-state index contributed by atoms with van der Waals surface area (Å²) in [5, 5.41) is 11.8. The molecular formula is C23H24N6O3. The number of nitrogens with zero attached hydrogens (tertiary/aromatic N) is 5. The van der Waals surface area contributed by atoms with E-state index in [1.165, 1.54) is 0 Å². The lowest BCUT2D eigenvalue weighted by atomic mass is 10.2. The highest BCUT2D eigenvalue weighted by molar-refractivity contribution is 5.82. The van der Waals surface area contributed by atoms with E-state index in [0.29, 0.717) is 43.5 Å². The van der Waals surface area contributed by atoms with Crippen LogP contribution >= 0.6 is 0 Å². The quantitative estimate of drug-likeness (QED) is 0.672. The maximum atomic E-state index is 12.9. The standard InChI is InChI=1S/C23H24N6O3/c1-16-5-4-8-20(24-16)25-21-9-10-22(27-26-21)28-11-13-29(14-12-28)23(30)19-15-31-17-6-2-3-7-18(17)32-19/h2-10,19H,11-15H2,1H3,(H,24,25,26). The molecule has 1 atom stereocenters. The van der Waals surface area contributed by atoms with Crippen molar-refractivity contribution in [3.05, 3.63) is 60.3 Å². The van der Waals surface area contributed by atoms with E-state index in [-0.39, 0.29) is 12.5 Å². The number of fused-ring (bicyclic) bond motifs is 1. The second-order valence-corrected chi connectivity index (χ2v) is 7.74. The number of carbonyl (C=O) groups excluding carboxylic acids is 1. The summed E-state index contributed by atoms with van der Waals surface area (Å²) in [6, 6.07) is 17.0. The molecule has 1 aromatic carbocycles. The first kappa shape index (κ1) is 20.0. The summed E-state index contributed by atoms with van der Waals surface area (Å²) >= 11 is 0. The molecule has 0 saturated carbocycles. The number of anilines is 3. The highest BCUT2D eigenvalue weighted by Gasteiger charge is 2.32. The summed E-state index contributed by atoms with van der Waals surface area (Å²) in [6.07, 6.45) is -0.614. The minimum atomic E-state index is -0.614. The lowest BCUT2D eigenvalue weighted by Gasteiger charge is -2.37. The molecule has 0 bridgehead atoms. The Morgan fingerprint density at radius 3 is 2.50 bits per heavy atom. The van der Waals surface area contributed by atoms with Crippen molar-refractivity contribution in [3.63, 3.8) is 0 Å². The number of pyridine rings is 1. The maximum Gasteiger partial charge on any atom is 0.267 e. The second kappa shape index (κ2) is 8.70. The fourth-order valence-corrected chi connectivity index (χ4v) is 3.81. The molecule has 2 aliphatic heterocycles. The summed E-state index contributed by atoms with van der Waals surface area (Å²) in [5.41, 5.74) is 0.932. The van der Waals surface area contributed by atoms with Gasteiger partial charge >= 0.3 is 0 Å². The number of ether oxygens (including phenoxy) is 2. The minimum absolute atomic E-state index is 0.0459. The zero-order chi connectivity index (χ0) is 21.9. The Kier molecular flexibility index (Phi) is 5.45. The number of carbonyl (C=O) groups is 1. The van der Waals surface area contributed by atoms with Gasteiger partial charge in [0.1, 0.15) is 12.4 Å². The average Bonchev–Trinajstić information content (AvgIpc) is 2.84. The third-order valence-electron chi connectivity index (χ3n) is 5.49. The van der Waals surface area contributed by atoms with Gasteiger partial charge in [0.25, 0.3) is 5.91 Å². The maximum absolute atomic E-state index is 12.9. The molecule has 3 aromatic rings. The van der Waals surface area contributed by atoms with Crippen molar-refractivity contribution >= 4 is 23.4 Å². The van der Waals surface area contributed by atoms with Gasteiger partial charge in [0.2, 0.25) is 6.10 Å². The molecule has 9 nitrogen and oxygen atoms in total. The Morgan fingerprint density at radius 1 is 0.938 bits per heavy atom. The van der Waals surface area contributed by atoms with Gasteiger partial charge in [-0.25, -0.2) is 4.98 Å². The third-order valence-corrected chi connectivity index (χ3v) is 5.49. The van der Waals surface area contributed by atoms with E-state index in [1.807, 2.05) is 66.4 Å². The monoisotopic (exact) mass is 432 g/mol. The van der Waals surface area contributed by atoms with Crippen LogP contribution in [0.2, 0.25) is 0 Å². The molecule has 0 spiro atoms. The first-order valence-electron chi connectivity index (χ1n) is 10.6. The number of rotatable bonds is 4. The number of piperazine rings is 1. The summed E-state index contributed by atoms with van der Waals surface area (Å²) in [5.74, 6) is 3.39. The zero-order valence-electron chi connectivity index (χ0n) is 17.8. The molecule has 5 rings (SSSR count). The van der Waals surface area contributed by atoms with E-state index in [4.69, 9.17) is 9.47 Å². The first-order valence-corrected chi connectivity index (χ1v) is 10.6. The van der Waals surface area contributed by atoms with Crippen molar-refractivity contribution in [2.45, 2.75) is 13.0 Å². The minimum Gasteiger partial charge on any atom is -0.485 e. The lowest BCUT2D eigenvalue weighted by molar-refractivity contribution is -0.141. The molecule has 2 aromatic heterocycles. The summed E-state index contributed by atoms with van der Waals surface area (Å²) in [7, 11) is 0. The van der Waals surface area contributed by atoms with Gasteiger partial charge in [-0.1, -0.05) is 18.2 Å². The Labute approximate surface area is 186 Å². The molecule has 1 saturated heterocycles. The number of aryl methyl sites for hydroxylation is 1. The number of aromatic nitrogens is 3. The largest absolute Gasteiger partial charge is 0.485 e. The summed E-state index contributed by atoms with van der Waals surface area (Å²) in [6.45, 7) is 4.71. The molecule has 4 heterocycles. The number of nitrogens with one attached hydrogen (secondary N) is 1. The summed E-state index contributed by atoms with van der Waals surface area (Å²) in [4.78, 5) is 21.3. The number of benzene rings is 1. The zero-order valence-corrected chi connectivity index (χ0v) is 17.8. The van der Waals surface area contributed by atoms with Crippen molar-refractivity contribution < 1.29 is 14.3 Å². The van der Waals surface area contributed by atoms with Gasteiger partial charge in [-0.15, -0.1) is 10.2 Å². The van der Waals surface area contributed by atoms with E-state index in [2.05, 4.69) is 25.4 Å². The molecule has 9 heteroatoms. The molecule has 0 aliphatic carbocycles. The van der Waals surface area contributed by atoms with Gasteiger partial charge in [0.15, 0.2) is 23.1 Å². The smallest absolute Gasteiger partial charge is 0.267 e. The van der Waals surface area contributed by atoms with Crippen LogP contribution in [0.25, 0.3) is 0 Å². The molecule has 32 heavy (non-hydrogen) atoms. The van der Waals surface area contributed by atoms with Crippen LogP contribution < -0.4 is 19.7 Å². The van der Waals surface area contributed by atoms with Crippen LogP contribution in [0.15, 0.2) is 54.6 Å². The van der Waals surface area contributed by atoms with Crippen molar-refractivity contribution in [2.24, 2.45) is 0 Å². The number of hydrogen-bond acceptors (Lipinski definition) is 8. The average molecular weight is 432 g/mol. The normalized spacial score (nSPS) is 17.7. The fraction of sp³-hybridized carbons (Fsp3) is 0.304. The predicted octanol–water partition coefficient (Wildman–Crippen LogP) is 2.41. The van der Waals surface area contributed by atoms with E-state index in [9.17, 15) is 4.79 Å². The number of amides is 1. The van der Waals surface area contributed by atoms with Crippen molar-refractivity contribution in [1.82, 2.24) is 20.1 Å². The van der Waals surface area contributed by atoms with Crippen LogP contribution in [0, 0.1) is 6.92 Å². The molecule has 2 aliphatic rings. The predicted molar refractivity (Wildman–Crippen MR) is 119 cm³/mol. The fourth-order valence-electron chi connectivity index (χ4n) is 3.81. The van der Waals surface area contributed by atoms with E-state index < -0.39 is 6.10 Å². The van der Waals surface area contributed by atoms with Crippen LogP contribution in [0.1, 0.15) is 5.69 Å². The lowest BCUT2D eigenvalue weighted by Crippen LogP contribution is -2.54. The molecule has 1 unspecified atom stereocenters. The van der Waals surface area contributed by atoms with Gasteiger partial charge in [-0.3, -0.25) is 4.79 Å². The van der Waals surface area contributed by atoms with Crippen LogP contribution in [0.3, 0.4) is 0 Å². The van der Waals surface area contributed by atoms with Crippen LogP contribution in [-0.2, 0) is 4.79 Å². The first-order chi connectivity index (χ1) is 15.7. The molecule has 0 radical (unpaired) electrons. The Balaban J connectivity index is 1.16. The van der Waals surface area contributed by atoms with Gasteiger partial charge < -0.3 is 24.6 Å². The highest BCUT2D eigenvalue weighted by Crippen LogP contribution is 2.31.